The van der Waals surface area contributed by atoms with Crippen LogP contribution in [-0.4, -0.2) is 45.4 Å². The molecule has 1 amide bonds. The van der Waals surface area contributed by atoms with Crippen molar-refractivity contribution in [1.29, 1.82) is 0 Å². The molecule has 150 valence electrons. The average molecular weight is 404 g/mol. The highest BCUT2D eigenvalue weighted by atomic mass is 32.2. The Morgan fingerprint density at radius 2 is 1.71 bits per heavy atom. The van der Waals surface area contributed by atoms with Gasteiger partial charge in [-0.1, -0.05) is 42.5 Å². The fourth-order valence-corrected chi connectivity index (χ4v) is 4.40. The SMILES string of the molecule is COc1ccccc1C(=O)NCC1(c2ccccc2)CCN(S(N)(=O)=O)CC1. The Morgan fingerprint density at radius 1 is 1.11 bits per heavy atom. The Morgan fingerprint density at radius 3 is 2.32 bits per heavy atom. The average Bonchev–Trinajstić information content (AvgIpc) is 2.72. The number of para-hydroxylation sites is 1. The lowest BCUT2D eigenvalue weighted by Crippen LogP contribution is -2.51. The number of amides is 1. The summed E-state index contributed by atoms with van der Waals surface area (Å²) in [5.41, 5.74) is 1.18. The standard InChI is InChI=1S/C20H25N3O4S/c1-27-18-10-6-5-9-17(18)19(24)22-15-20(16-7-3-2-4-8-16)11-13-23(14-12-20)28(21,25)26/h2-10H,11-15H2,1H3,(H,22,24)(H2,21,25,26). The Labute approximate surface area is 165 Å². The van der Waals surface area contributed by atoms with Crippen LogP contribution in [0.15, 0.2) is 54.6 Å². The molecule has 3 N–H and O–H groups in total. The number of rotatable bonds is 6. The molecular weight excluding hydrogens is 378 g/mol. The van der Waals surface area contributed by atoms with Crippen LogP contribution in [0.25, 0.3) is 0 Å². The molecule has 1 fully saturated rings. The van der Waals surface area contributed by atoms with Gasteiger partial charge in [0.05, 0.1) is 12.7 Å². The Balaban J connectivity index is 1.81. The lowest BCUT2D eigenvalue weighted by molar-refractivity contribution is 0.0930. The summed E-state index contributed by atoms with van der Waals surface area (Å²) in [6.07, 6.45) is 1.14. The van der Waals surface area contributed by atoms with Crippen LogP contribution >= 0.6 is 0 Å². The number of ether oxygens (including phenoxy) is 1. The molecule has 0 spiro atoms. The van der Waals surface area contributed by atoms with Crippen LogP contribution < -0.4 is 15.2 Å². The first-order valence-electron chi connectivity index (χ1n) is 9.10. The molecular formula is C20H25N3O4S. The van der Waals surface area contributed by atoms with E-state index < -0.39 is 10.2 Å². The zero-order chi connectivity index (χ0) is 20.2. The van der Waals surface area contributed by atoms with Crippen LogP contribution in [-0.2, 0) is 15.6 Å². The molecule has 0 bridgehead atoms. The van der Waals surface area contributed by atoms with E-state index in [0.717, 1.165) is 5.56 Å². The number of nitrogens with one attached hydrogen (secondary N) is 1. The molecule has 2 aromatic carbocycles. The van der Waals surface area contributed by atoms with Crippen LogP contribution in [0, 0.1) is 0 Å². The Bertz CT molecular complexity index is 923. The second kappa shape index (κ2) is 8.30. The number of carbonyl (C=O) groups is 1. The van der Waals surface area contributed by atoms with Gasteiger partial charge in [-0.05, 0) is 30.5 Å². The van der Waals surface area contributed by atoms with E-state index in [9.17, 15) is 13.2 Å². The van der Waals surface area contributed by atoms with Gasteiger partial charge in [0, 0.05) is 25.0 Å². The van der Waals surface area contributed by atoms with Gasteiger partial charge in [0.25, 0.3) is 16.1 Å². The van der Waals surface area contributed by atoms with Gasteiger partial charge in [0.1, 0.15) is 5.75 Å². The number of carbonyl (C=O) groups excluding carboxylic acids is 1. The van der Waals surface area contributed by atoms with Crippen LogP contribution in [0.3, 0.4) is 0 Å². The molecule has 1 saturated heterocycles. The largest absolute Gasteiger partial charge is 0.496 e. The number of benzene rings is 2. The number of nitrogens with two attached hydrogens (primary N) is 1. The molecule has 0 aromatic heterocycles. The topological polar surface area (TPSA) is 102 Å². The summed E-state index contributed by atoms with van der Waals surface area (Å²) >= 11 is 0. The molecule has 2 aromatic rings. The monoisotopic (exact) mass is 403 g/mol. The molecule has 3 rings (SSSR count). The molecule has 0 saturated carbocycles. The van der Waals surface area contributed by atoms with E-state index in [-0.39, 0.29) is 11.3 Å². The third-order valence-electron chi connectivity index (χ3n) is 5.36. The summed E-state index contributed by atoms with van der Waals surface area (Å²) in [6.45, 7) is 1.03. The van der Waals surface area contributed by atoms with Gasteiger partial charge < -0.3 is 10.1 Å². The van der Waals surface area contributed by atoms with E-state index in [0.29, 0.717) is 43.8 Å². The van der Waals surface area contributed by atoms with E-state index in [1.165, 1.54) is 11.4 Å². The van der Waals surface area contributed by atoms with Gasteiger partial charge in [-0.2, -0.15) is 12.7 Å². The number of nitrogens with zero attached hydrogens (tertiary/aromatic N) is 1. The minimum absolute atomic E-state index is 0.221. The van der Waals surface area contributed by atoms with Crippen LogP contribution in [0.4, 0.5) is 0 Å². The quantitative estimate of drug-likeness (QED) is 0.766. The van der Waals surface area contributed by atoms with Crippen molar-refractivity contribution in [1.82, 2.24) is 9.62 Å². The summed E-state index contributed by atoms with van der Waals surface area (Å²) in [4.78, 5) is 12.7. The van der Waals surface area contributed by atoms with Gasteiger partial charge in [-0.25, -0.2) is 5.14 Å². The van der Waals surface area contributed by atoms with Gasteiger partial charge in [0.2, 0.25) is 0 Å². The summed E-state index contributed by atoms with van der Waals surface area (Å²) in [6, 6.07) is 16.9. The second-order valence-corrected chi connectivity index (χ2v) is 8.52. The second-order valence-electron chi connectivity index (χ2n) is 6.97. The number of hydrogen-bond donors (Lipinski definition) is 2. The smallest absolute Gasteiger partial charge is 0.276 e. The van der Waals surface area contributed by atoms with Gasteiger partial charge in [0.15, 0.2) is 0 Å². The van der Waals surface area contributed by atoms with Crippen molar-refractivity contribution in [3.63, 3.8) is 0 Å². The summed E-state index contributed by atoms with van der Waals surface area (Å²) in [5, 5.41) is 8.30. The van der Waals surface area contributed by atoms with Crippen molar-refractivity contribution in [2.75, 3.05) is 26.7 Å². The molecule has 0 aliphatic carbocycles. The molecule has 0 radical (unpaired) electrons. The molecule has 7 nitrogen and oxygen atoms in total. The minimum atomic E-state index is -3.71. The van der Waals surface area contributed by atoms with E-state index in [2.05, 4.69) is 5.32 Å². The zero-order valence-electron chi connectivity index (χ0n) is 15.8. The fourth-order valence-electron chi connectivity index (χ4n) is 3.70. The first-order chi connectivity index (χ1) is 13.4. The number of methoxy groups -OCH3 is 1. The van der Waals surface area contributed by atoms with Crippen molar-refractivity contribution in [2.24, 2.45) is 5.14 Å². The van der Waals surface area contributed by atoms with Crippen molar-refractivity contribution in [2.45, 2.75) is 18.3 Å². The van der Waals surface area contributed by atoms with E-state index in [4.69, 9.17) is 9.88 Å². The van der Waals surface area contributed by atoms with E-state index in [1.807, 2.05) is 36.4 Å². The maximum absolute atomic E-state index is 12.7. The highest BCUT2D eigenvalue weighted by Crippen LogP contribution is 2.35. The lowest BCUT2D eigenvalue weighted by Gasteiger charge is -2.41. The van der Waals surface area contributed by atoms with Gasteiger partial charge in [-0.3, -0.25) is 4.79 Å². The first kappa shape index (κ1) is 20.3. The lowest BCUT2D eigenvalue weighted by atomic mass is 9.73. The van der Waals surface area contributed by atoms with Crippen LogP contribution in [0.1, 0.15) is 28.8 Å². The van der Waals surface area contributed by atoms with Gasteiger partial charge >= 0.3 is 0 Å². The number of piperidine rings is 1. The summed E-state index contributed by atoms with van der Waals surface area (Å²) in [7, 11) is -2.18. The first-order valence-corrected chi connectivity index (χ1v) is 10.6. The maximum Gasteiger partial charge on any atom is 0.276 e. The highest BCUT2D eigenvalue weighted by molar-refractivity contribution is 7.86. The third-order valence-corrected chi connectivity index (χ3v) is 6.45. The molecule has 8 heteroatoms. The fraction of sp³-hybridized carbons (Fsp3) is 0.350. The minimum Gasteiger partial charge on any atom is -0.496 e. The van der Waals surface area contributed by atoms with Crippen molar-refractivity contribution in [3.05, 3.63) is 65.7 Å². The van der Waals surface area contributed by atoms with Crippen LogP contribution in [0.2, 0.25) is 0 Å². The Kier molecular flexibility index (Phi) is 6.02. The maximum atomic E-state index is 12.7. The predicted molar refractivity (Wildman–Crippen MR) is 107 cm³/mol. The van der Waals surface area contributed by atoms with Crippen molar-refractivity contribution < 1.29 is 17.9 Å². The molecule has 1 aliphatic rings. The predicted octanol–water partition coefficient (Wildman–Crippen LogP) is 1.66. The Hall–Kier alpha value is -2.42. The zero-order valence-corrected chi connectivity index (χ0v) is 16.6. The highest BCUT2D eigenvalue weighted by Gasteiger charge is 2.39. The van der Waals surface area contributed by atoms with E-state index >= 15 is 0 Å². The third kappa shape index (κ3) is 4.35. The van der Waals surface area contributed by atoms with Gasteiger partial charge in [-0.15, -0.1) is 0 Å². The van der Waals surface area contributed by atoms with Crippen molar-refractivity contribution >= 4 is 16.1 Å². The van der Waals surface area contributed by atoms with Crippen molar-refractivity contribution in [3.8, 4) is 5.75 Å². The normalized spacial score (nSPS) is 17.1. The van der Waals surface area contributed by atoms with Crippen LogP contribution in [0.5, 0.6) is 5.75 Å². The number of hydrogen-bond acceptors (Lipinski definition) is 4. The molecule has 28 heavy (non-hydrogen) atoms. The molecule has 0 atom stereocenters. The molecule has 1 aliphatic heterocycles. The molecule has 0 unspecified atom stereocenters. The van der Waals surface area contributed by atoms with E-state index in [1.54, 1.807) is 18.2 Å². The summed E-state index contributed by atoms with van der Waals surface area (Å²) in [5.74, 6) is 0.291. The summed E-state index contributed by atoms with van der Waals surface area (Å²) < 4.78 is 29.9. The molecule has 1 heterocycles.